The first kappa shape index (κ1) is 43.0. The van der Waals surface area contributed by atoms with Gasteiger partial charge in [0.25, 0.3) is 5.91 Å². The van der Waals surface area contributed by atoms with Crippen LogP contribution < -0.4 is 10.1 Å². The molecule has 4 aliphatic rings. The minimum atomic E-state index is -4.89. The van der Waals surface area contributed by atoms with Crippen LogP contribution in [0, 0.1) is 0 Å². The van der Waals surface area contributed by atoms with Crippen molar-refractivity contribution in [3.63, 3.8) is 0 Å². The number of alkyl halides is 3. The zero-order chi connectivity index (χ0) is 41.3. The van der Waals surface area contributed by atoms with E-state index in [-0.39, 0.29) is 94.7 Å². The van der Waals surface area contributed by atoms with Crippen molar-refractivity contribution in [3.05, 3.63) is 53.1 Å². The Balaban J connectivity index is 0.941. The molecular formula is C41H54F3N5O9. The van der Waals surface area contributed by atoms with Crippen LogP contribution in [0.2, 0.25) is 0 Å². The average Bonchev–Trinajstić information content (AvgIpc) is 3.20. The van der Waals surface area contributed by atoms with Crippen molar-refractivity contribution in [3.8, 4) is 11.5 Å². The maximum absolute atomic E-state index is 13.6. The van der Waals surface area contributed by atoms with E-state index < -0.39 is 23.8 Å². The highest BCUT2D eigenvalue weighted by molar-refractivity contribution is 5.97. The predicted octanol–water partition coefficient (Wildman–Crippen LogP) is 4.81. The minimum absolute atomic E-state index is 0.0367. The molecule has 3 heterocycles. The minimum Gasteiger partial charge on any atom is -0.506 e. The summed E-state index contributed by atoms with van der Waals surface area (Å²) in [6.07, 6.45) is 1.04. The van der Waals surface area contributed by atoms with Crippen molar-refractivity contribution < 1.29 is 56.8 Å². The predicted molar refractivity (Wildman–Crippen MR) is 206 cm³/mol. The smallest absolute Gasteiger partial charge is 0.471 e. The second-order valence-corrected chi connectivity index (χ2v) is 15.6. The molecule has 1 spiro atoms. The van der Waals surface area contributed by atoms with E-state index in [0.717, 1.165) is 48.1 Å². The van der Waals surface area contributed by atoms with Crippen LogP contribution in [0.5, 0.6) is 11.5 Å². The van der Waals surface area contributed by atoms with Gasteiger partial charge in [-0.1, -0.05) is 49.6 Å². The van der Waals surface area contributed by atoms with Crippen LogP contribution >= 0.6 is 0 Å². The quantitative estimate of drug-likeness (QED) is 0.168. The maximum Gasteiger partial charge on any atom is 0.471 e. The normalized spacial score (nSPS) is 18.6. The van der Waals surface area contributed by atoms with Gasteiger partial charge in [0, 0.05) is 51.9 Å². The van der Waals surface area contributed by atoms with Gasteiger partial charge in [0.2, 0.25) is 5.91 Å². The topological polar surface area (TPSA) is 161 Å². The van der Waals surface area contributed by atoms with Gasteiger partial charge in [-0.2, -0.15) is 13.2 Å². The number of carbonyl (C=O) groups is 4. The van der Waals surface area contributed by atoms with Gasteiger partial charge in [0.15, 0.2) is 12.4 Å². The van der Waals surface area contributed by atoms with Gasteiger partial charge >= 0.3 is 18.2 Å². The number of ether oxygens (including phenoxy) is 3. The highest BCUT2D eigenvalue weighted by Crippen LogP contribution is 2.39. The Bertz CT molecular complexity index is 1760. The van der Waals surface area contributed by atoms with E-state index in [1.54, 1.807) is 6.07 Å². The number of nitrogens with one attached hydrogen (secondary N) is 1. The molecule has 0 atom stereocenters. The lowest BCUT2D eigenvalue weighted by molar-refractivity contribution is -0.200. The molecule has 0 bridgehead atoms. The molecule has 2 aromatic rings. The first-order valence-corrected chi connectivity index (χ1v) is 20.2. The molecule has 0 unspecified atom stereocenters. The first-order valence-electron chi connectivity index (χ1n) is 20.2. The SMILES string of the molecule is O=C1COc2c(CCN(CCN(C(=O)CCOCCc3cccc(CN4CCC5(CC4)CN(C(=O)C(F)(F)F)CCO5)c3)C3CCCCC3)C(=O)O)ccc(O)c2N1. The van der Waals surface area contributed by atoms with E-state index in [9.17, 15) is 42.6 Å². The number of phenols is 1. The lowest BCUT2D eigenvalue weighted by Gasteiger charge is -2.47. The number of anilines is 1. The number of amides is 4. The fraction of sp³-hybridized carbons (Fsp3) is 0.610. The largest absolute Gasteiger partial charge is 0.506 e. The van der Waals surface area contributed by atoms with E-state index >= 15 is 0 Å². The molecule has 17 heteroatoms. The molecule has 0 aromatic heterocycles. The molecule has 2 aromatic carbocycles. The highest BCUT2D eigenvalue weighted by atomic mass is 19.4. The number of hydrogen-bond acceptors (Lipinski definition) is 9. The van der Waals surface area contributed by atoms with Crippen LogP contribution in [0.15, 0.2) is 36.4 Å². The Morgan fingerprint density at radius 1 is 0.966 bits per heavy atom. The van der Waals surface area contributed by atoms with Gasteiger partial charge < -0.3 is 44.4 Å². The Hall–Kier alpha value is -4.61. The fourth-order valence-electron chi connectivity index (χ4n) is 8.46. The summed E-state index contributed by atoms with van der Waals surface area (Å²) in [6.45, 7) is 2.90. The number of carboxylic acid groups (broad SMARTS) is 1. The number of morpholine rings is 1. The zero-order valence-electron chi connectivity index (χ0n) is 32.8. The fourth-order valence-corrected chi connectivity index (χ4v) is 8.46. The van der Waals surface area contributed by atoms with Gasteiger partial charge in [0.1, 0.15) is 11.4 Å². The van der Waals surface area contributed by atoms with Gasteiger partial charge in [-0.15, -0.1) is 0 Å². The Morgan fingerprint density at radius 3 is 2.47 bits per heavy atom. The molecule has 4 amide bonds. The van der Waals surface area contributed by atoms with Crippen molar-refractivity contribution in [2.24, 2.45) is 0 Å². The third-order valence-corrected chi connectivity index (χ3v) is 11.6. The number of benzene rings is 2. The molecule has 3 aliphatic heterocycles. The van der Waals surface area contributed by atoms with Crippen molar-refractivity contribution in [2.45, 2.75) is 88.6 Å². The number of fused-ring (bicyclic) bond motifs is 1. The first-order chi connectivity index (χ1) is 27.8. The van der Waals surface area contributed by atoms with Gasteiger partial charge in [-0.05, 0) is 61.3 Å². The molecule has 1 aliphatic carbocycles. The molecule has 318 valence electrons. The maximum atomic E-state index is 13.6. The summed E-state index contributed by atoms with van der Waals surface area (Å²) in [6, 6.07) is 11.3. The lowest BCUT2D eigenvalue weighted by Crippen LogP contribution is -2.59. The number of likely N-dealkylation sites (tertiary alicyclic amines) is 1. The Morgan fingerprint density at radius 2 is 1.72 bits per heavy atom. The number of hydrogen-bond donors (Lipinski definition) is 3. The number of halogens is 3. The van der Waals surface area contributed by atoms with Crippen molar-refractivity contribution in [1.29, 1.82) is 0 Å². The third kappa shape index (κ3) is 11.3. The van der Waals surface area contributed by atoms with Crippen molar-refractivity contribution in [1.82, 2.24) is 19.6 Å². The highest BCUT2D eigenvalue weighted by Gasteiger charge is 2.48. The van der Waals surface area contributed by atoms with Crippen LogP contribution in [0.25, 0.3) is 0 Å². The van der Waals surface area contributed by atoms with Crippen LogP contribution in [0.4, 0.5) is 23.7 Å². The summed E-state index contributed by atoms with van der Waals surface area (Å²) in [5.74, 6) is -2.07. The lowest BCUT2D eigenvalue weighted by atomic mass is 9.89. The summed E-state index contributed by atoms with van der Waals surface area (Å²) in [4.78, 5) is 55.7. The van der Waals surface area contributed by atoms with Gasteiger partial charge in [-0.3, -0.25) is 19.3 Å². The summed E-state index contributed by atoms with van der Waals surface area (Å²) >= 11 is 0. The van der Waals surface area contributed by atoms with E-state index in [2.05, 4.69) is 16.3 Å². The summed E-state index contributed by atoms with van der Waals surface area (Å²) in [5.41, 5.74) is 2.25. The number of carbonyl (C=O) groups excluding carboxylic acids is 3. The molecule has 2 saturated heterocycles. The molecule has 3 N–H and O–H groups in total. The zero-order valence-corrected chi connectivity index (χ0v) is 32.8. The number of rotatable bonds is 15. The van der Waals surface area contributed by atoms with E-state index in [1.807, 2.05) is 23.1 Å². The molecule has 6 rings (SSSR count). The molecular weight excluding hydrogens is 763 g/mol. The Kier molecular flexibility index (Phi) is 14.4. The number of phenolic OH excluding ortho intramolecular Hbond substituents is 1. The number of nitrogens with zero attached hydrogens (tertiary/aromatic N) is 4. The molecule has 1 saturated carbocycles. The summed E-state index contributed by atoms with van der Waals surface area (Å²) in [5, 5.41) is 22.8. The molecule has 0 radical (unpaired) electrons. The number of piperidine rings is 1. The molecule has 14 nitrogen and oxygen atoms in total. The summed E-state index contributed by atoms with van der Waals surface area (Å²) < 4.78 is 56.6. The molecule has 58 heavy (non-hydrogen) atoms. The van der Waals surface area contributed by atoms with Crippen LogP contribution in [-0.2, 0) is 43.2 Å². The Labute approximate surface area is 336 Å². The van der Waals surface area contributed by atoms with E-state index in [1.165, 1.54) is 11.0 Å². The van der Waals surface area contributed by atoms with Crippen molar-refractivity contribution >= 4 is 29.5 Å². The second-order valence-electron chi connectivity index (χ2n) is 15.6. The molecule has 3 fully saturated rings. The average molecular weight is 818 g/mol. The van der Waals surface area contributed by atoms with E-state index in [4.69, 9.17) is 14.2 Å². The summed E-state index contributed by atoms with van der Waals surface area (Å²) in [7, 11) is 0. The standard InChI is InChI=1S/C41H54F3N5O9/c42-41(43,44)38(53)48-21-24-58-40(28-48)14-17-46(18-15-40)26-30-6-4-5-29(25-30)12-22-56-23-13-35(52)49(32-7-2-1-3-8-32)20-19-47(39(54)55)16-11-31-9-10-33(50)36-37(31)57-27-34(51)45-36/h4-6,9-10,25,32,50H,1-3,7-8,11-24,26-28H2,(H,45,51)(H,54,55). The monoisotopic (exact) mass is 817 g/mol. The number of aromatic hydroxyl groups is 1. The second kappa shape index (κ2) is 19.4. The van der Waals surface area contributed by atoms with Crippen LogP contribution in [0.3, 0.4) is 0 Å². The third-order valence-electron chi connectivity index (χ3n) is 11.6. The van der Waals surface area contributed by atoms with Crippen LogP contribution in [-0.4, -0.2) is 144 Å². The van der Waals surface area contributed by atoms with Gasteiger partial charge in [0.05, 0.1) is 38.4 Å². The van der Waals surface area contributed by atoms with Gasteiger partial charge in [-0.25, -0.2) is 4.79 Å². The van der Waals surface area contributed by atoms with Crippen LogP contribution in [0.1, 0.15) is 68.1 Å². The van der Waals surface area contributed by atoms with E-state index in [0.29, 0.717) is 56.8 Å². The van der Waals surface area contributed by atoms with Crippen molar-refractivity contribution in [2.75, 3.05) is 77.6 Å².